The molecule has 4 heteroatoms. The van der Waals surface area contributed by atoms with Crippen LogP contribution in [0.2, 0.25) is 0 Å². The van der Waals surface area contributed by atoms with Crippen LogP contribution >= 0.6 is 0 Å². The summed E-state index contributed by atoms with van der Waals surface area (Å²) in [5.41, 5.74) is 3.16. The van der Waals surface area contributed by atoms with E-state index in [1.807, 2.05) is 41.3 Å². The molecule has 1 fully saturated rings. The second-order valence-electron chi connectivity index (χ2n) is 7.27. The van der Waals surface area contributed by atoms with Crippen LogP contribution in [0.3, 0.4) is 0 Å². The van der Waals surface area contributed by atoms with E-state index in [0.29, 0.717) is 18.8 Å². The minimum Gasteiger partial charge on any atom is -0.342 e. The van der Waals surface area contributed by atoms with Crippen LogP contribution in [0.25, 0.3) is 16.7 Å². The van der Waals surface area contributed by atoms with Crippen molar-refractivity contribution in [3.05, 3.63) is 60.4 Å². The molecule has 0 saturated carbocycles. The lowest BCUT2D eigenvalue weighted by molar-refractivity contribution is -0.132. The highest BCUT2D eigenvalue weighted by Gasteiger charge is 2.21. The lowest BCUT2D eigenvalue weighted by Crippen LogP contribution is -2.39. The van der Waals surface area contributed by atoms with Crippen LogP contribution in [0.5, 0.6) is 0 Å². The van der Waals surface area contributed by atoms with E-state index >= 15 is 0 Å². The highest BCUT2D eigenvalue weighted by atomic mass is 16.2. The molecule has 26 heavy (non-hydrogen) atoms. The second kappa shape index (κ2) is 7.32. The Morgan fingerprint density at radius 1 is 1.12 bits per heavy atom. The van der Waals surface area contributed by atoms with Crippen molar-refractivity contribution in [3.63, 3.8) is 0 Å². The van der Waals surface area contributed by atoms with Gasteiger partial charge in [0.05, 0.1) is 11.0 Å². The summed E-state index contributed by atoms with van der Waals surface area (Å²) in [7, 11) is 0. The van der Waals surface area contributed by atoms with E-state index in [2.05, 4.69) is 29.7 Å². The number of nitrogens with zero attached hydrogens (tertiary/aromatic N) is 3. The lowest BCUT2D eigenvalue weighted by Gasteiger charge is -2.31. The molecule has 0 radical (unpaired) electrons. The molecule has 1 aliphatic heterocycles. The summed E-state index contributed by atoms with van der Waals surface area (Å²) >= 11 is 0. The van der Waals surface area contributed by atoms with E-state index in [1.54, 1.807) is 0 Å². The Bertz CT molecular complexity index is 900. The SMILES string of the molecule is C[C@@H]1CCCN(C(=O)CCc2nc3ccccc3n2-c2ccccc2)C1. The number of imidazole rings is 1. The van der Waals surface area contributed by atoms with Crippen molar-refractivity contribution in [3.8, 4) is 5.69 Å². The molecule has 2 heterocycles. The number of piperidine rings is 1. The predicted octanol–water partition coefficient (Wildman–Crippen LogP) is 4.22. The first-order valence-electron chi connectivity index (χ1n) is 9.52. The Labute approximate surface area is 154 Å². The monoisotopic (exact) mass is 347 g/mol. The number of hydrogen-bond acceptors (Lipinski definition) is 2. The van der Waals surface area contributed by atoms with Gasteiger partial charge in [0.25, 0.3) is 0 Å². The van der Waals surface area contributed by atoms with Gasteiger partial charge < -0.3 is 4.90 Å². The molecule has 2 aromatic carbocycles. The van der Waals surface area contributed by atoms with Gasteiger partial charge in [0.15, 0.2) is 0 Å². The highest BCUT2D eigenvalue weighted by Crippen LogP contribution is 2.23. The van der Waals surface area contributed by atoms with Gasteiger partial charge in [0.1, 0.15) is 5.82 Å². The van der Waals surface area contributed by atoms with Gasteiger partial charge in [0, 0.05) is 31.6 Å². The lowest BCUT2D eigenvalue weighted by atomic mass is 10.00. The molecule has 0 spiro atoms. The molecule has 1 amide bonds. The second-order valence-corrected chi connectivity index (χ2v) is 7.27. The third kappa shape index (κ3) is 3.36. The minimum absolute atomic E-state index is 0.253. The molecule has 0 bridgehead atoms. The molecule has 134 valence electrons. The van der Waals surface area contributed by atoms with Gasteiger partial charge in [-0.25, -0.2) is 4.98 Å². The Kier molecular flexibility index (Phi) is 4.74. The van der Waals surface area contributed by atoms with Crippen LogP contribution in [0.15, 0.2) is 54.6 Å². The Hall–Kier alpha value is -2.62. The summed E-state index contributed by atoms with van der Waals surface area (Å²) in [6, 6.07) is 18.4. The summed E-state index contributed by atoms with van der Waals surface area (Å²) < 4.78 is 2.18. The molecule has 1 atom stereocenters. The number of para-hydroxylation sites is 3. The van der Waals surface area contributed by atoms with E-state index < -0.39 is 0 Å². The fourth-order valence-corrected chi connectivity index (χ4v) is 3.90. The zero-order valence-electron chi connectivity index (χ0n) is 15.3. The first-order valence-corrected chi connectivity index (χ1v) is 9.52. The smallest absolute Gasteiger partial charge is 0.223 e. The van der Waals surface area contributed by atoms with E-state index in [4.69, 9.17) is 4.98 Å². The molecule has 0 aliphatic carbocycles. The van der Waals surface area contributed by atoms with E-state index in [1.165, 1.54) is 6.42 Å². The number of likely N-dealkylation sites (tertiary alicyclic amines) is 1. The number of amides is 1. The molecule has 4 rings (SSSR count). The molecular weight excluding hydrogens is 322 g/mol. The maximum Gasteiger partial charge on any atom is 0.223 e. The molecule has 1 saturated heterocycles. The van der Waals surface area contributed by atoms with Crippen molar-refractivity contribution >= 4 is 16.9 Å². The number of benzene rings is 2. The molecule has 0 unspecified atom stereocenters. The van der Waals surface area contributed by atoms with Crippen LogP contribution in [0, 0.1) is 5.92 Å². The van der Waals surface area contributed by atoms with Gasteiger partial charge in [-0.05, 0) is 43.0 Å². The quantitative estimate of drug-likeness (QED) is 0.709. The molecular formula is C22H25N3O. The van der Waals surface area contributed by atoms with Crippen LogP contribution < -0.4 is 0 Å². The molecule has 4 nitrogen and oxygen atoms in total. The summed E-state index contributed by atoms with van der Waals surface area (Å²) in [6.45, 7) is 4.03. The molecule has 3 aromatic rings. The maximum atomic E-state index is 12.7. The fourth-order valence-electron chi connectivity index (χ4n) is 3.90. The first-order chi connectivity index (χ1) is 12.7. The minimum atomic E-state index is 0.253. The van der Waals surface area contributed by atoms with Crippen LogP contribution in [-0.2, 0) is 11.2 Å². The van der Waals surface area contributed by atoms with E-state index in [-0.39, 0.29) is 5.91 Å². The maximum absolute atomic E-state index is 12.7. The average Bonchev–Trinajstić information content (AvgIpc) is 3.05. The third-order valence-electron chi connectivity index (χ3n) is 5.22. The van der Waals surface area contributed by atoms with Gasteiger partial charge in [-0.2, -0.15) is 0 Å². The van der Waals surface area contributed by atoms with Crippen molar-refractivity contribution in [2.45, 2.75) is 32.6 Å². The summed E-state index contributed by atoms with van der Waals surface area (Å²) in [5, 5.41) is 0. The first kappa shape index (κ1) is 16.8. The number of hydrogen-bond donors (Lipinski definition) is 0. The van der Waals surface area contributed by atoms with Crippen LogP contribution in [0.4, 0.5) is 0 Å². The van der Waals surface area contributed by atoms with Crippen molar-refractivity contribution in [2.24, 2.45) is 5.92 Å². The number of rotatable bonds is 4. The van der Waals surface area contributed by atoms with Crippen molar-refractivity contribution < 1.29 is 4.79 Å². The third-order valence-corrected chi connectivity index (χ3v) is 5.22. The molecule has 0 N–H and O–H groups in total. The number of fused-ring (bicyclic) bond motifs is 1. The van der Waals surface area contributed by atoms with Gasteiger partial charge in [-0.1, -0.05) is 37.3 Å². The molecule has 1 aliphatic rings. The van der Waals surface area contributed by atoms with Crippen LogP contribution in [0.1, 0.15) is 32.0 Å². The van der Waals surface area contributed by atoms with Crippen LogP contribution in [-0.4, -0.2) is 33.4 Å². The highest BCUT2D eigenvalue weighted by molar-refractivity contribution is 5.79. The molecule has 1 aromatic heterocycles. The zero-order chi connectivity index (χ0) is 17.9. The van der Waals surface area contributed by atoms with Gasteiger partial charge in [-0.3, -0.25) is 9.36 Å². The summed E-state index contributed by atoms with van der Waals surface area (Å²) in [4.78, 5) is 19.5. The number of aromatic nitrogens is 2. The summed E-state index contributed by atoms with van der Waals surface area (Å²) in [6.07, 6.45) is 3.53. The van der Waals surface area contributed by atoms with E-state index in [9.17, 15) is 4.79 Å². The standard InChI is InChI=1S/C22H25N3O/c1-17-8-7-15-24(16-17)22(26)14-13-21-23-19-11-5-6-12-20(19)25(21)18-9-3-2-4-10-18/h2-6,9-12,17H,7-8,13-16H2,1H3/t17-/m1/s1. The predicted molar refractivity (Wildman–Crippen MR) is 104 cm³/mol. The Morgan fingerprint density at radius 3 is 2.69 bits per heavy atom. The Morgan fingerprint density at radius 2 is 1.88 bits per heavy atom. The summed E-state index contributed by atoms with van der Waals surface area (Å²) in [5.74, 6) is 1.82. The van der Waals surface area contributed by atoms with Crippen molar-refractivity contribution in [1.82, 2.24) is 14.5 Å². The van der Waals surface area contributed by atoms with Gasteiger partial charge in [0.2, 0.25) is 5.91 Å². The topological polar surface area (TPSA) is 38.1 Å². The zero-order valence-corrected chi connectivity index (χ0v) is 15.3. The number of carbonyl (C=O) groups excluding carboxylic acids is 1. The van der Waals surface area contributed by atoms with Crippen molar-refractivity contribution in [1.29, 1.82) is 0 Å². The average molecular weight is 347 g/mol. The number of carbonyl (C=O) groups is 1. The largest absolute Gasteiger partial charge is 0.342 e. The number of aryl methyl sites for hydroxylation is 1. The Balaban J connectivity index is 1.59. The van der Waals surface area contributed by atoms with E-state index in [0.717, 1.165) is 42.1 Å². The van der Waals surface area contributed by atoms with Gasteiger partial charge in [-0.15, -0.1) is 0 Å². The fraction of sp³-hybridized carbons (Fsp3) is 0.364. The van der Waals surface area contributed by atoms with Crippen molar-refractivity contribution in [2.75, 3.05) is 13.1 Å². The normalized spacial score (nSPS) is 17.6. The van der Waals surface area contributed by atoms with Gasteiger partial charge >= 0.3 is 0 Å².